The molecular weight excluding hydrogens is 392 g/mol. The van der Waals surface area contributed by atoms with Crippen molar-refractivity contribution in [1.82, 2.24) is 9.80 Å². The van der Waals surface area contributed by atoms with Gasteiger partial charge < -0.3 is 4.90 Å². The summed E-state index contributed by atoms with van der Waals surface area (Å²) in [6.07, 6.45) is 18.9. The largest absolute Gasteiger partial charge is 0.340 e. The van der Waals surface area contributed by atoms with E-state index in [2.05, 4.69) is 75.6 Å². The zero-order valence-electron chi connectivity index (χ0n) is 22.0. The molecule has 0 bridgehead atoms. The lowest BCUT2D eigenvalue weighted by molar-refractivity contribution is -0.132. The predicted octanol–water partition coefficient (Wildman–Crippen LogP) is 7.47. The molecular formula is C29H50N2O. The Hall–Kier alpha value is -1.61. The summed E-state index contributed by atoms with van der Waals surface area (Å²) >= 11 is 0. The van der Waals surface area contributed by atoms with Gasteiger partial charge in [-0.15, -0.1) is 0 Å². The van der Waals surface area contributed by atoms with Crippen LogP contribution in [0.25, 0.3) is 0 Å². The highest BCUT2D eigenvalue weighted by molar-refractivity contribution is 5.76. The summed E-state index contributed by atoms with van der Waals surface area (Å²) < 4.78 is 0. The number of piperazine rings is 1. The molecule has 1 fully saturated rings. The van der Waals surface area contributed by atoms with Crippen molar-refractivity contribution in [3.8, 4) is 0 Å². The van der Waals surface area contributed by atoms with E-state index in [4.69, 9.17) is 0 Å². The summed E-state index contributed by atoms with van der Waals surface area (Å²) in [4.78, 5) is 17.0. The lowest BCUT2D eigenvalue weighted by Gasteiger charge is -2.34. The number of hydrogen-bond donors (Lipinski definition) is 0. The molecule has 1 rings (SSSR count). The molecule has 0 saturated carbocycles. The minimum absolute atomic E-state index is 0.324. The van der Waals surface area contributed by atoms with E-state index in [9.17, 15) is 4.79 Å². The van der Waals surface area contributed by atoms with Gasteiger partial charge >= 0.3 is 0 Å². The maximum absolute atomic E-state index is 12.4. The molecule has 0 aromatic carbocycles. The third kappa shape index (κ3) is 13.7. The average Bonchev–Trinajstić information content (AvgIpc) is 2.74. The van der Waals surface area contributed by atoms with Gasteiger partial charge in [-0.3, -0.25) is 9.69 Å². The van der Waals surface area contributed by atoms with Crippen LogP contribution in [0.4, 0.5) is 0 Å². The Morgan fingerprint density at radius 2 is 1.09 bits per heavy atom. The molecule has 0 radical (unpaired) electrons. The first-order valence-electron chi connectivity index (χ1n) is 12.9. The van der Waals surface area contributed by atoms with Gasteiger partial charge in [0.25, 0.3) is 0 Å². The van der Waals surface area contributed by atoms with Crippen molar-refractivity contribution in [2.45, 2.75) is 99.3 Å². The Bertz CT molecular complexity index is 657. The van der Waals surface area contributed by atoms with Gasteiger partial charge in [0.15, 0.2) is 0 Å². The number of nitrogens with zero attached hydrogens (tertiary/aromatic N) is 2. The Morgan fingerprint density at radius 1 is 0.656 bits per heavy atom. The third-order valence-electron chi connectivity index (χ3n) is 6.27. The minimum Gasteiger partial charge on any atom is -0.340 e. The summed E-state index contributed by atoms with van der Waals surface area (Å²) in [5.41, 5.74) is 5.81. The molecule has 0 spiro atoms. The quantitative estimate of drug-likeness (QED) is 0.261. The summed E-state index contributed by atoms with van der Waals surface area (Å²) in [5.74, 6) is 0.324. The van der Waals surface area contributed by atoms with Gasteiger partial charge in [-0.05, 0) is 92.5 Å². The van der Waals surface area contributed by atoms with E-state index in [-0.39, 0.29) is 0 Å². The SMILES string of the molecule is CCCN1CCN(C(=O)CCC=C(C)CCC=C(C)CCC=C(C)CCC=C(C)C)CC1. The number of carbonyl (C=O) groups excluding carboxylic acids is 1. The Kier molecular flexibility index (Phi) is 15.1. The molecule has 32 heavy (non-hydrogen) atoms. The summed E-state index contributed by atoms with van der Waals surface area (Å²) in [6, 6.07) is 0. The molecule has 0 aromatic rings. The van der Waals surface area contributed by atoms with Crippen LogP contribution in [0.5, 0.6) is 0 Å². The van der Waals surface area contributed by atoms with Crippen LogP contribution in [0.15, 0.2) is 46.6 Å². The summed E-state index contributed by atoms with van der Waals surface area (Å²) in [6.45, 7) is 18.3. The highest BCUT2D eigenvalue weighted by atomic mass is 16.2. The molecule has 1 saturated heterocycles. The number of hydrogen-bond acceptors (Lipinski definition) is 2. The molecule has 1 aliphatic heterocycles. The highest BCUT2D eigenvalue weighted by Crippen LogP contribution is 2.14. The van der Waals surface area contributed by atoms with Gasteiger partial charge in [0.1, 0.15) is 0 Å². The van der Waals surface area contributed by atoms with Crippen LogP contribution in [0, 0.1) is 0 Å². The van der Waals surface area contributed by atoms with E-state index in [1.165, 1.54) is 35.1 Å². The van der Waals surface area contributed by atoms with Crippen molar-refractivity contribution >= 4 is 5.91 Å². The molecule has 0 N–H and O–H groups in total. The van der Waals surface area contributed by atoms with E-state index >= 15 is 0 Å². The lowest BCUT2D eigenvalue weighted by atomic mass is 10.0. The number of amides is 1. The van der Waals surface area contributed by atoms with Gasteiger partial charge in [-0.25, -0.2) is 0 Å². The van der Waals surface area contributed by atoms with Crippen molar-refractivity contribution in [3.63, 3.8) is 0 Å². The molecule has 0 aromatic heterocycles. The molecule has 3 nitrogen and oxygen atoms in total. The lowest BCUT2D eigenvalue weighted by Crippen LogP contribution is -2.48. The maximum atomic E-state index is 12.4. The first-order valence-corrected chi connectivity index (χ1v) is 12.9. The second-order valence-corrected chi connectivity index (χ2v) is 9.81. The van der Waals surface area contributed by atoms with Crippen molar-refractivity contribution in [3.05, 3.63) is 46.6 Å². The number of carbonyl (C=O) groups is 1. The standard InChI is InChI=1S/C29H50N2O/c1-7-20-30-21-23-31(24-22-30)29(32)19-11-18-28(6)17-10-16-27(5)15-9-14-26(4)13-8-12-25(2)3/h12,14,16,18H,7-11,13,15,17,19-24H2,1-6H3. The summed E-state index contributed by atoms with van der Waals surface area (Å²) in [7, 11) is 0. The van der Waals surface area contributed by atoms with E-state index in [0.717, 1.165) is 71.2 Å². The van der Waals surface area contributed by atoms with E-state index in [1.54, 1.807) is 0 Å². The second kappa shape index (κ2) is 16.9. The van der Waals surface area contributed by atoms with Crippen LogP contribution in [-0.2, 0) is 4.79 Å². The van der Waals surface area contributed by atoms with Crippen LogP contribution in [0.3, 0.4) is 0 Å². The van der Waals surface area contributed by atoms with Crippen LogP contribution < -0.4 is 0 Å². The Morgan fingerprint density at radius 3 is 1.53 bits per heavy atom. The van der Waals surface area contributed by atoms with Gasteiger partial charge in [-0.2, -0.15) is 0 Å². The van der Waals surface area contributed by atoms with Crippen LogP contribution >= 0.6 is 0 Å². The van der Waals surface area contributed by atoms with Gasteiger partial charge in [-0.1, -0.05) is 53.5 Å². The fraction of sp³-hybridized carbons (Fsp3) is 0.690. The fourth-order valence-corrected chi connectivity index (χ4v) is 4.12. The highest BCUT2D eigenvalue weighted by Gasteiger charge is 2.19. The van der Waals surface area contributed by atoms with Gasteiger partial charge in [0.05, 0.1) is 0 Å². The van der Waals surface area contributed by atoms with E-state index in [0.29, 0.717) is 12.3 Å². The van der Waals surface area contributed by atoms with Crippen molar-refractivity contribution < 1.29 is 4.79 Å². The molecule has 3 heteroatoms. The summed E-state index contributed by atoms with van der Waals surface area (Å²) in [5, 5.41) is 0. The molecule has 1 aliphatic rings. The molecule has 182 valence electrons. The molecule has 0 atom stereocenters. The molecule has 0 aliphatic carbocycles. The zero-order chi connectivity index (χ0) is 23.8. The number of allylic oxidation sites excluding steroid dienone is 8. The molecule has 0 unspecified atom stereocenters. The fourth-order valence-electron chi connectivity index (χ4n) is 4.12. The maximum Gasteiger partial charge on any atom is 0.222 e. The number of rotatable bonds is 14. The molecule has 1 amide bonds. The van der Waals surface area contributed by atoms with Crippen molar-refractivity contribution in [2.75, 3.05) is 32.7 Å². The predicted molar refractivity (Wildman–Crippen MR) is 141 cm³/mol. The molecule has 1 heterocycles. The smallest absolute Gasteiger partial charge is 0.222 e. The van der Waals surface area contributed by atoms with Crippen molar-refractivity contribution in [1.29, 1.82) is 0 Å². The van der Waals surface area contributed by atoms with Crippen LogP contribution in [-0.4, -0.2) is 48.4 Å². The first-order chi connectivity index (χ1) is 15.3. The normalized spacial score (nSPS) is 16.4. The first kappa shape index (κ1) is 28.4. The van der Waals surface area contributed by atoms with Gasteiger partial charge in [0.2, 0.25) is 5.91 Å². The van der Waals surface area contributed by atoms with Crippen LogP contribution in [0.1, 0.15) is 99.3 Å². The Balaban J connectivity index is 2.20. The monoisotopic (exact) mass is 442 g/mol. The van der Waals surface area contributed by atoms with Crippen molar-refractivity contribution in [2.24, 2.45) is 0 Å². The zero-order valence-corrected chi connectivity index (χ0v) is 22.0. The Labute approximate surface area is 199 Å². The van der Waals surface area contributed by atoms with E-state index < -0.39 is 0 Å². The minimum atomic E-state index is 0.324. The second-order valence-electron chi connectivity index (χ2n) is 9.81. The average molecular weight is 443 g/mol. The van der Waals surface area contributed by atoms with Crippen LogP contribution in [0.2, 0.25) is 0 Å². The van der Waals surface area contributed by atoms with Gasteiger partial charge in [0, 0.05) is 32.6 Å². The van der Waals surface area contributed by atoms with E-state index in [1.807, 2.05) is 0 Å². The third-order valence-corrected chi connectivity index (χ3v) is 6.27. The topological polar surface area (TPSA) is 23.6 Å².